The van der Waals surface area contributed by atoms with Crippen molar-refractivity contribution in [3.05, 3.63) is 10.4 Å². The Hall–Kier alpha value is -1.80. The molecule has 1 fully saturated rings. The van der Waals surface area contributed by atoms with Crippen LogP contribution in [0.3, 0.4) is 0 Å². The highest BCUT2D eigenvalue weighted by molar-refractivity contribution is 7.19. The minimum Gasteiger partial charge on any atom is -0.397 e. The van der Waals surface area contributed by atoms with Crippen molar-refractivity contribution in [3.63, 3.8) is 0 Å². The van der Waals surface area contributed by atoms with Crippen molar-refractivity contribution in [1.29, 1.82) is 0 Å². The number of amides is 2. The van der Waals surface area contributed by atoms with Crippen molar-refractivity contribution < 1.29 is 14.7 Å². The molecule has 1 atom stereocenters. The van der Waals surface area contributed by atoms with Crippen molar-refractivity contribution >= 4 is 33.8 Å². The first-order valence-electron chi connectivity index (χ1n) is 6.68. The number of β-amino-alcohol motifs (C(OH)–C–C–N with tert-alkyl or cyclic N) is 1. The zero-order valence-corrected chi connectivity index (χ0v) is 12.9. The summed E-state index contributed by atoms with van der Waals surface area (Å²) in [7, 11) is 1.50. The molecule has 2 amide bonds. The van der Waals surface area contributed by atoms with Crippen molar-refractivity contribution in [3.8, 4) is 0 Å². The molecular weight excluding hydrogens is 292 g/mol. The summed E-state index contributed by atoms with van der Waals surface area (Å²) >= 11 is 1.10. The van der Waals surface area contributed by atoms with E-state index in [4.69, 9.17) is 11.5 Å². The molecule has 0 spiro atoms. The summed E-state index contributed by atoms with van der Waals surface area (Å²) < 4.78 is 0. The largest absolute Gasteiger partial charge is 0.397 e. The second kappa shape index (κ2) is 5.53. The van der Waals surface area contributed by atoms with Crippen LogP contribution in [0.2, 0.25) is 0 Å². The Bertz CT molecular complexity index is 582. The van der Waals surface area contributed by atoms with Crippen LogP contribution in [-0.4, -0.2) is 42.7 Å². The molecule has 1 aliphatic rings. The van der Waals surface area contributed by atoms with Gasteiger partial charge in [0.25, 0.3) is 11.8 Å². The summed E-state index contributed by atoms with van der Waals surface area (Å²) in [5.74, 6) is -1.02. The fraction of sp³-hybridized carbons (Fsp3) is 0.538. The van der Waals surface area contributed by atoms with Gasteiger partial charge in [0.15, 0.2) is 0 Å². The van der Waals surface area contributed by atoms with Crippen LogP contribution in [0.15, 0.2) is 0 Å². The SMILES string of the molecule is CNC(=O)c1c(N2CCCC(C)(O)C2)sc(C(N)=O)c1N. The average molecular weight is 312 g/mol. The van der Waals surface area contributed by atoms with Crippen LogP contribution >= 0.6 is 11.3 Å². The molecule has 7 nitrogen and oxygen atoms in total. The van der Waals surface area contributed by atoms with Gasteiger partial charge in [0.2, 0.25) is 0 Å². The van der Waals surface area contributed by atoms with Gasteiger partial charge in [-0.1, -0.05) is 0 Å². The number of piperidine rings is 1. The number of aliphatic hydroxyl groups is 1. The molecule has 8 heteroatoms. The first-order chi connectivity index (χ1) is 9.76. The van der Waals surface area contributed by atoms with Crippen LogP contribution in [0.25, 0.3) is 0 Å². The van der Waals surface area contributed by atoms with E-state index in [9.17, 15) is 14.7 Å². The number of thiophene rings is 1. The maximum Gasteiger partial charge on any atom is 0.260 e. The topological polar surface area (TPSA) is 122 Å². The van der Waals surface area contributed by atoms with E-state index < -0.39 is 11.5 Å². The molecule has 2 heterocycles. The molecular formula is C13H20N4O3S. The number of nitrogens with zero attached hydrogens (tertiary/aromatic N) is 1. The molecule has 0 aliphatic carbocycles. The Balaban J connectivity index is 2.49. The first-order valence-corrected chi connectivity index (χ1v) is 7.50. The van der Waals surface area contributed by atoms with E-state index in [1.807, 2.05) is 4.90 Å². The van der Waals surface area contributed by atoms with Gasteiger partial charge in [-0.15, -0.1) is 11.3 Å². The van der Waals surface area contributed by atoms with Gasteiger partial charge in [0.1, 0.15) is 9.88 Å². The van der Waals surface area contributed by atoms with E-state index in [-0.39, 0.29) is 22.0 Å². The molecule has 1 aromatic heterocycles. The highest BCUT2D eigenvalue weighted by Crippen LogP contribution is 2.40. The van der Waals surface area contributed by atoms with E-state index in [1.54, 1.807) is 6.92 Å². The lowest BCUT2D eigenvalue weighted by molar-refractivity contribution is 0.0450. The molecule has 0 saturated carbocycles. The van der Waals surface area contributed by atoms with Crippen molar-refractivity contribution in [2.45, 2.75) is 25.4 Å². The third kappa shape index (κ3) is 2.96. The number of nitrogens with one attached hydrogen (secondary N) is 1. The molecule has 116 valence electrons. The van der Waals surface area contributed by atoms with Crippen LogP contribution in [0.1, 0.15) is 39.8 Å². The van der Waals surface area contributed by atoms with E-state index in [1.165, 1.54) is 7.05 Å². The number of hydrogen-bond acceptors (Lipinski definition) is 6. The second-order valence-corrected chi connectivity index (χ2v) is 6.49. The molecule has 0 bridgehead atoms. The highest BCUT2D eigenvalue weighted by Gasteiger charge is 2.33. The Morgan fingerprint density at radius 2 is 2.14 bits per heavy atom. The third-order valence-electron chi connectivity index (χ3n) is 3.57. The second-order valence-electron chi connectivity index (χ2n) is 5.49. The Morgan fingerprint density at radius 3 is 2.67 bits per heavy atom. The summed E-state index contributed by atoms with van der Waals surface area (Å²) in [6.45, 7) is 2.83. The van der Waals surface area contributed by atoms with Gasteiger partial charge in [-0.25, -0.2) is 0 Å². The summed E-state index contributed by atoms with van der Waals surface area (Å²) in [4.78, 5) is 25.6. The van der Waals surface area contributed by atoms with Crippen LogP contribution in [-0.2, 0) is 0 Å². The van der Waals surface area contributed by atoms with Crippen LogP contribution in [0.4, 0.5) is 10.7 Å². The standard InChI is InChI=1S/C13H20N4O3S/c1-13(20)4-3-5-17(6-13)12-7(11(19)16-2)8(14)9(21-12)10(15)18/h20H,3-6,14H2,1-2H3,(H2,15,18)(H,16,19). The molecule has 6 N–H and O–H groups in total. The number of hydrogen-bond donors (Lipinski definition) is 4. The maximum absolute atomic E-state index is 12.1. The number of anilines is 2. The van der Waals surface area contributed by atoms with Gasteiger partial charge < -0.3 is 26.8 Å². The van der Waals surface area contributed by atoms with Crippen molar-refractivity contribution in [2.75, 3.05) is 30.8 Å². The number of nitrogens with two attached hydrogens (primary N) is 2. The quantitative estimate of drug-likeness (QED) is 0.632. The summed E-state index contributed by atoms with van der Waals surface area (Å²) in [6.07, 6.45) is 1.49. The molecule has 1 unspecified atom stereocenters. The summed E-state index contributed by atoms with van der Waals surface area (Å²) in [5.41, 5.74) is 10.8. The molecule has 1 aliphatic heterocycles. The third-order valence-corrected chi connectivity index (χ3v) is 4.85. The zero-order chi connectivity index (χ0) is 15.8. The molecule has 1 aromatic rings. The van der Waals surface area contributed by atoms with E-state index in [2.05, 4.69) is 5.32 Å². The van der Waals surface area contributed by atoms with Crippen LogP contribution < -0.4 is 21.7 Å². The minimum absolute atomic E-state index is 0.104. The monoisotopic (exact) mass is 312 g/mol. The lowest BCUT2D eigenvalue weighted by atomic mass is 9.95. The predicted octanol–water partition coefficient (Wildman–Crippen LogP) is 0.140. The smallest absolute Gasteiger partial charge is 0.260 e. The van der Waals surface area contributed by atoms with E-state index >= 15 is 0 Å². The highest BCUT2D eigenvalue weighted by atomic mass is 32.1. The molecule has 0 aromatic carbocycles. The lowest BCUT2D eigenvalue weighted by Gasteiger charge is -2.37. The van der Waals surface area contributed by atoms with Gasteiger partial charge in [0.05, 0.1) is 16.9 Å². The lowest BCUT2D eigenvalue weighted by Crippen LogP contribution is -2.46. The summed E-state index contributed by atoms with van der Waals surface area (Å²) in [6, 6.07) is 0. The van der Waals surface area contributed by atoms with Crippen LogP contribution in [0.5, 0.6) is 0 Å². The molecule has 0 radical (unpaired) electrons. The van der Waals surface area contributed by atoms with E-state index in [0.29, 0.717) is 24.5 Å². The van der Waals surface area contributed by atoms with Crippen molar-refractivity contribution in [1.82, 2.24) is 5.32 Å². The summed E-state index contributed by atoms with van der Waals surface area (Å²) in [5, 5.41) is 13.3. The van der Waals surface area contributed by atoms with Gasteiger partial charge >= 0.3 is 0 Å². The zero-order valence-electron chi connectivity index (χ0n) is 12.1. The van der Waals surface area contributed by atoms with Gasteiger partial charge in [-0.2, -0.15) is 0 Å². The van der Waals surface area contributed by atoms with Crippen LogP contribution in [0, 0.1) is 0 Å². The van der Waals surface area contributed by atoms with Gasteiger partial charge in [0, 0.05) is 20.1 Å². The normalized spacial score (nSPS) is 22.1. The first kappa shape index (κ1) is 15.6. The Labute approximate surface area is 126 Å². The predicted molar refractivity (Wildman–Crippen MR) is 82.7 cm³/mol. The molecule has 2 rings (SSSR count). The number of carbonyl (C=O) groups is 2. The molecule has 21 heavy (non-hydrogen) atoms. The number of primary amides is 1. The Morgan fingerprint density at radius 1 is 1.48 bits per heavy atom. The van der Waals surface area contributed by atoms with Crippen molar-refractivity contribution in [2.24, 2.45) is 5.73 Å². The van der Waals surface area contributed by atoms with E-state index in [0.717, 1.165) is 17.8 Å². The number of carbonyl (C=O) groups excluding carboxylic acids is 2. The van der Waals surface area contributed by atoms with Gasteiger partial charge in [-0.05, 0) is 19.8 Å². The minimum atomic E-state index is -0.830. The Kier molecular flexibility index (Phi) is 4.11. The number of nitrogen functional groups attached to an aromatic ring is 1. The fourth-order valence-electron chi connectivity index (χ4n) is 2.57. The maximum atomic E-state index is 12.1. The van der Waals surface area contributed by atoms with Gasteiger partial charge in [-0.3, -0.25) is 9.59 Å². The average Bonchev–Trinajstić information content (AvgIpc) is 2.74. The fourth-order valence-corrected chi connectivity index (χ4v) is 3.67. The molecule has 1 saturated heterocycles. The number of rotatable bonds is 3.